The summed E-state index contributed by atoms with van der Waals surface area (Å²) in [7, 11) is 0. The third kappa shape index (κ3) is 2.52. The molecule has 0 radical (unpaired) electrons. The van der Waals surface area contributed by atoms with Gasteiger partial charge in [-0.15, -0.1) is 0 Å². The average molecular weight is 289 g/mol. The summed E-state index contributed by atoms with van der Waals surface area (Å²) >= 11 is 0. The maximum atomic E-state index is 12.5. The first kappa shape index (κ1) is 13.7. The van der Waals surface area contributed by atoms with E-state index in [1.54, 1.807) is 12.1 Å². The molecule has 0 aliphatic carbocycles. The van der Waals surface area contributed by atoms with E-state index in [0.29, 0.717) is 5.69 Å². The van der Waals surface area contributed by atoms with Crippen molar-refractivity contribution in [1.29, 1.82) is 0 Å². The van der Waals surface area contributed by atoms with Gasteiger partial charge in [0.15, 0.2) is 0 Å². The van der Waals surface area contributed by atoms with Gasteiger partial charge in [-0.25, -0.2) is 8.78 Å². The predicted molar refractivity (Wildman–Crippen MR) is 74.2 cm³/mol. The number of carbonyl (C=O) groups is 1. The van der Waals surface area contributed by atoms with Gasteiger partial charge >= 0.3 is 0 Å². The number of hydrogen-bond acceptors (Lipinski definition) is 2. The van der Waals surface area contributed by atoms with Crippen molar-refractivity contribution in [3.63, 3.8) is 0 Å². The zero-order valence-electron chi connectivity index (χ0n) is 11.1. The van der Waals surface area contributed by atoms with Gasteiger partial charge in [0.25, 0.3) is 12.3 Å². The fourth-order valence-electron chi connectivity index (χ4n) is 2.52. The molecule has 1 aliphatic rings. The van der Waals surface area contributed by atoms with Crippen molar-refractivity contribution >= 4 is 11.6 Å². The summed E-state index contributed by atoms with van der Waals surface area (Å²) in [6.07, 6.45) is -2.62. The van der Waals surface area contributed by atoms with Gasteiger partial charge in [-0.2, -0.15) is 5.06 Å². The van der Waals surface area contributed by atoms with Crippen LogP contribution in [0, 0.1) is 0 Å². The molecule has 2 aromatic rings. The molecule has 1 unspecified atom stereocenters. The molecule has 2 aromatic carbocycles. The Balaban J connectivity index is 1.98. The summed E-state index contributed by atoms with van der Waals surface area (Å²) in [4.78, 5) is 17.5. The molecule has 1 amide bonds. The molecule has 1 aliphatic heterocycles. The zero-order valence-corrected chi connectivity index (χ0v) is 11.1. The lowest BCUT2D eigenvalue weighted by molar-refractivity contribution is -0.127. The summed E-state index contributed by atoms with van der Waals surface area (Å²) in [6.45, 7) is -0.804. The molecule has 0 bridgehead atoms. The topological polar surface area (TPSA) is 29.5 Å². The Morgan fingerprint density at radius 3 is 2.43 bits per heavy atom. The standard InChI is InChI=1S/C16H13F2NO2/c17-14(18)10-21-19-13-9-5-4-8-12(13)15(16(19)20)11-6-2-1-3-7-11/h1-9,14-15H,10H2. The number of halogens is 2. The lowest BCUT2D eigenvalue weighted by Crippen LogP contribution is -2.31. The summed E-state index contributed by atoms with van der Waals surface area (Å²) in [5, 5.41) is 0.985. The highest BCUT2D eigenvalue weighted by Crippen LogP contribution is 2.41. The van der Waals surface area contributed by atoms with Crippen LogP contribution in [-0.4, -0.2) is 18.9 Å². The molecule has 0 saturated carbocycles. The van der Waals surface area contributed by atoms with Gasteiger partial charge < -0.3 is 0 Å². The smallest absolute Gasteiger partial charge is 0.264 e. The summed E-state index contributed by atoms with van der Waals surface area (Å²) in [6, 6.07) is 16.3. The molecule has 0 spiro atoms. The Morgan fingerprint density at radius 2 is 1.71 bits per heavy atom. The molecule has 0 aromatic heterocycles. The van der Waals surface area contributed by atoms with E-state index in [0.717, 1.165) is 16.2 Å². The van der Waals surface area contributed by atoms with Crippen LogP contribution in [0.4, 0.5) is 14.5 Å². The normalized spacial score (nSPS) is 17.4. The third-order valence-electron chi connectivity index (χ3n) is 3.38. The third-order valence-corrected chi connectivity index (χ3v) is 3.38. The van der Waals surface area contributed by atoms with Crippen molar-refractivity contribution in [2.75, 3.05) is 11.7 Å². The first-order valence-corrected chi connectivity index (χ1v) is 6.57. The van der Waals surface area contributed by atoms with Crippen LogP contribution in [0.25, 0.3) is 0 Å². The second kappa shape index (κ2) is 5.61. The Labute approximate surface area is 120 Å². The first-order chi connectivity index (χ1) is 10.2. The monoisotopic (exact) mass is 289 g/mol. The van der Waals surface area contributed by atoms with E-state index >= 15 is 0 Å². The fourth-order valence-corrected chi connectivity index (χ4v) is 2.52. The van der Waals surface area contributed by atoms with Crippen LogP contribution >= 0.6 is 0 Å². The summed E-state index contributed by atoms with van der Waals surface area (Å²) in [5.74, 6) is -0.858. The molecule has 3 rings (SSSR count). The Kier molecular flexibility index (Phi) is 3.66. The number of amides is 1. The highest BCUT2D eigenvalue weighted by atomic mass is 19.3. The van der Waals surface area contributed by atoms with Gasteiger partial charge in [0.2, 0.25) is 0 Å². The van der Waals surface area contributed by atoms with E-state index in [2.05, 4.69) is 0 Å². The van der Waals surface area contributed by atoms with Crippen molar-refractivity contribution in [1.82, 2.24) is 0 Å². The molecular weight excluding hydrogens is 276 g/mol. The molecule has 1 heterocycles. The largest absolute Gasteiger partial charge is 0.271 e. The van der Waals surface area contributed by atoms with Crippen molar-refractivity contribution in [3.8, 4) is 0 Å². The molecule has 0 saturated heterocycles. The van der Waals surface area contributed by atoms with Crippen LogP contribution in [0.2, 0.25) is 0 Å². The Morgan fingerprint density at radius 1 is 1.05 bits per heavy atom. The number of carbonyl (C=O) groups excluding carboxylic acids is 1. The van der Waals surface area contributed by atoms with Crippen molar-refractivity contribution in [2.45, 2.75) is 12.3 Å². The zero-order chi connectivity index (χ0) is 14.8. The molecule has 0 fully saturated rings. The van der Waals surface area contributed by atoms with Gasteiger partial charge in [-0.1, -0.05) is 48.5 Å². The van der Waals surface area contributed by atoms with E-state index in [1.807, 2.05) is 42.5 Å². The molecule has 21 heavy (non-hydrogen) atoms. The lowest BCUT2D eigenvalue weighted by Gasteiger charge is -2.17. The quantitative estimate of drug-likeness (QED) is 0.863. The lowest BCUT2D eigenvalue weighted by atomic mass is 9.93. The van der Waals surface area contributed by atoms with E-state index in [9.17, 15) is 13.6 Å². The maximum Gasteiger partial charge on any atom is 0.264 e. The second-order valence-corrected chi connectivity index (χ2v) is 4.72. The van der Waals surface area contributed by atoms with Crippen LogP contribution in [0.1, 0.15) is 17.0 Å². The molecule has 108 valence electrons. The maximum absolute atomic E-state index is 12.5. The predicted octanol–water partition coefficient (Wildman–Crippen LogP) is 3.36. The van der Waals surface area contributed by atoms with Crippen LogP contribution in [-0.2, 0) is 9.63 Å². The minimum atomic E-state index is -2.62. The number of hydrogen-bond donors (Lipinski definition) is 0. The van der Waals surface area contributed by atoms with E-state index in [-0.39, 0.29) is 5.91 Å². The molecule has 3 nitrogen and oxygen atoms in total. The molecular formula is C16H13F2NO2. The van der Waals surface area contributed by atoms with Crippen LogP contribution in [0.5, 0.6) is 0 Å². The van der Waals surface area contributed by atoms with E-state index in [1.165, 1.54) is 0 Å². The van der Waals surface area contributed by atoms with E-state index < -0.39 is 19.0 Å². The fraction of sp³-hybridized carbons (Fsp3) is 0.188. The Hall–Kier alpha value is -2.27. The SMILES string of the molecule is O=C1C(c2ccccc2)c2ccccc2N1OCC(F)F. The van der Waals surface area contributed by atoms with Crippen molar-refractivity contribution in [2.24, 2.45) is 0 Å². The number of nitrogens with zero attached hydrogens (tertiary/aromatic N) is 1. The molecule has 1 atom stereocenters. The number of anilines is 1. The van der Waals surface area contributed by atoms with Gasteiger partial charge in [-0.3, -0.25) is 9.63 Å². The molecule has 0 N–H and O–H groups in total. The number of benzene rings is 2. The molecule has 5 heteroatoms. The van der Waals surface area contributed by atoms with Crippen LogP contribution in [0.3, 0.4) is 0 Å². The van der Waals surface area contributed by atoms with Gasteiger partial charge in [0, 0.05) is 0 Å². The Bertz CT molecular complexity index is 646. The van der Waals surface area contributed by atoms with Crippen LogP contribution in [0.15, 0.2) is 54.6 Å². The summed E-state index contributed by atoms with van der Waals surface area (Å²) in [5.41, 5.74) is 2.11. The van der Waals surface area contributed by atoms with Gasteiger partial charge in [0.1, 0.15) is 6.61 Å². The van der Waals surface area contributed by atoms with E-state index in [4.69, 9.17) is 4.84 Å². The first-order valence-electron chi connectivity index (χ1n) is 6.57. The van der Waals surface area contributed by atoms with Crippen molar-refractivity contribution in [3.05, 3.63) is 65.7 Å². The van der Waals surface area contributed by atoms with Gasteiger partial charge in [0.05, 0.1) is 11.6 Å². The minimum Gasteiger partial charge on any atom is -0.271 e. The number of fused-ring (bicyclic) bond motifs is 1. The second-order valence-electron chi connectivity index (χ2n) is 4.72. The number of alkyl halides is 2. The van der Waals surface area contributed by atoms with Crippen molar-refractivity contribution < 1.29 is 18.4 Å². The number of rotatable bonds is 4. The highest BCUT2D eigenvalue weighted by molar-refractivity contribution is 6.05. The van der Waals surface area contributed by atoms with Gasteiger partial charge in [-0.05, 0) is 17.2 Å². The average Bonchev–Trinajstić information content (AvgIpc) is 2.78. The number of hydroxylamine groups is 1. The summed E-state index contributed by atoms with van der Waals surface area (Å²) < 4.78 is 24.7. The minimum absolute atomic E-state index is 0.344. The highest BCUT2D eigenvalue weighted by Gasteiger charge is 2.39. The number of para-hydroxylation sites is 1. The van der Waals surface area contributed by atoms with Crippen LogP contribution < -0.4 is 5.06 Å².